The van der Waals surface area contributed by atoms with Gasteiger partial charge in [0.25, 0.3) is 0 Å². The van der Waals surface area contributed by atoms with Crippen molar-refractivity contribution in [3.8, 4) is 21.7 Å². The van der Waals surface area contributed by atoms with E-state index in [4.69, 9.17) is 4.98 Å². The molecule has 7 heteroatoms. The van der Waals surface area contributed by atoms with Crippen LogP contribution in [0.1, 0.15) is 72.8 Å². The van der Waals surface area contributed by atoms with Crippen LogP contribution < -0.4 is 5.19 Å². The maximum Gasteiger partial charge on any atom is 0.164 e. The first kappa shape index (κ1) is 40.5. The molecule has 0 bridgehead atoms. The van der Waals surface area contributed by atoms with Crippen LogP contribution in [0.2, 0.25) is 19.6 Å². The largest absolute Gasteiger partial charge is 0.512 e. The van der Waals surface area contributed by atoms with E-state index in [2.05, 4.69) is 62.1 Å². The standard InChI is InChI=1S/C27H23FNSSi.C15H28O2.Ir/c1-17-9-10-22(23(28)13-17)24-15-19-11-12-29-26(27(19)30-24)20-14-18-7-5-6-8-21(18)25(16-20)31(2,3)4;1-7-14(5,8-2)12(16)11-13(17)15(6,9-3)10-4;/h5-13,15-16H,1-4H3;11,16H,7-10H2,1-6H3;/q-1;;/b;12-11-;. The summed E-state index contributed by atoms with van der Waals surface area (Å²) in [6.45, 7) is 21.1. The Morgan fingerprint density at radius 1 is 0.939 bits per heavy atom. The van der Waals surface area contributed by atoms with Gasteiger partial charge in [-0.1, -0.05) is 102 Å². The molecule has 0 spiro atoms. The van der Waals surface area contributed by atoms with Gasteiger partial charge in [-0.15, -0.1) is 40.1 Å². The first-order valence-corrected chi connectivity index (χ1v) is 21.5. The number of pyridine rings is 1. The van der Waals surface area contributed by atoms with Gasteiger partial charge in [0.15, 0.2) is 5.78 Å². The molecule has 0 saturated carbocycles. The van der Waals surface area contributed by atoms with E-state index in [-0.39, 0.29) is 48.3 Å². The Bertz CT molecular complexity index is 1950. The smallest absolute Gasteiger partial charge is 0.164 e. The second-order valence-corrected chi connectivity index (χ2v) is 20.6. The number of rotatable bonds is 10. The zero-order valence-electron chi connectivity index (χ0n) is 30.7. The van der Waals surface area contributed by atoms with Crippen molar-refractivity contribution in [1.29, 1.82) is 0 Å². The molecule has 2 heterocycles. The fourth-order valence-corrected chi connectivity index (χ4v) is 8.56. The van der Waals surface area contributed by atoms with Crippen LogP contribution in [0.25, 0.3) is 42.6 Å². The van der Waals surface area contributed by atoms with Gasteiger partial charge in [-0.2, -0.15) is 0 Å². The molecule has 49 heavy (non-hydrogen) atoms. The van der Waals surface area contributed by atoms with Crippen LogP contribution in [-0.2, 0) is 24.9 Å². The maximum atomic E-state index is 14.6. The van der Waals surface area contributed by atoms with Crippen molar-refractivity contribution in [3.05, 3.63) is 96.1 Å². The molecule has 0 aliphatic heterocycles. The minimum atomic E-state index is -1.58. The predicted octanol–water partition coefficient (Wildman–Crippen LogP) is 12.2. The maximum absolute atomic E-state index is 14.6. The van der Waals surface area contributed by atoms with E-state index in [0.29, 0.717) is 5.56 Å². The zero-order chi connectivity index (χ0) is 35.4. The topological polar surface area (TPSA) is 50.2 Å². The molecule has 0 saturated heterocycles. The molecule has 1 radical (unpaired) electrons. The number of aliphatic hydroxyl groups is 1. The van der Waals surface area contributed by atoms with Gasteiger partial charge in [0.05, 0.1) is 8.07 Å². The first-order chi connectivity index (χ1) is 22.6. The van der Waals surface area contributed by atoms with Gasteiger partial charge in [-0.05, 0) is 61.8 Å². The molecule has 0 fully saturated rings. The number of aryl methyl sites for hydroxylation is 1. The summed E-state index contributed by atoms with van der Waals surface area (Å²) in [5.41, 5.74) is 2.90. The Morgan fingerprint density at radius 3 is 2.16 bits per heavy atom. The Kier molecular flexibility index (Phi) is 13.5. The fourth-order valence-electron chi connectivity index (χ4n) is 5.77. The molecule has 0 atom stereocenters. The summed E-state index contributed by atoms with van der Waals surface area (Å²) in [5.74, 6) is 0.105. The van der Waals surface area contributed by atoms with Gasteiger partial charge < -0.3 is 5.11 Å². The number of aliphatic hydroxyl groups excluding tert-OH is 1. The normalized spacial score (nSPS) is 12.4. The molecule has 0 aliphatic rings. The Balaban J connectivity index is 0.000000312. The van der Waals surface area contributed by atoms with Crippen LogP contribution in [0.15, 0.2) is 78.7 Å². The third-order valence-electron chi connectivity index (χ3n) is 10.3. The third-order valence-corrected chi connectivity index (χ3v) is 13.5. The number of benzene rings is 3. The van der Waals surface area contributed by atoms with Crippen LogP contribution in [0.3, 0.4) is 0 Å². The number of carbonyl (C=O) groups is 1. The van der Waals surface area contributed by atoms with Crippen molar-refractivity contribution in [3.63, 3.8) is 0 Å². The third kappa shape index (κ3) is 8.86. The van der Waals surface area contributed by atoms with E-state index in [1.807, 2.05) is 72.9 Å². The second-order valence-electron chi connectivity index (χ2n) is 14.5. The van der Waals surface area contributed by atoms with E-state index in [1.54, 1.807) is 17.4 Å². The fraction of sp³-hybridized carbons (Fsp3) is 0.381. The van der Waals surface area contributed by atoms with Crippen molar-refractivity contribution >= 4 is 51.2 Å². The predicted molar refractivity (Wildman–Crippen MR) is 208 cm³/mol. The molecular formula is C42H51FIrNO2SSi-. The summed E-state index contributed by atoms with van der Waals surface area (Å²) >= 11 is 1.60. The quantitative estimate of drug-likeness (QED) is 0.0658. The van der Waals surface area contributed by atoms with Gasteiger partial charge >= 0.3 is 0 Å². The van der Waals surface area contributed by atoms with Crippen molar-refractivity contribution < 1.29 is 34.4 Å². The van der Waals surface area contributed by atoms with Crippen LogP contribution in [-0.4, -0.2) is 23.9 Å². The number of nitrogens with zero attached hydrogens (tertiary/aromatic N) is 1. The molecule has 2 aromatic heterocycles. The number of ketones is 1. The zero-order valence-corrected chi connectivity index (χ0v) is 34.9. The van der Waals surface area contributed by atoms with E-state index in [1.165, 1.54) is 16.6 Å². The average Bonchev–Trinajstić information content (AvgIpc) is 3.51. The summed E-state index contributed by atoms with van der Waals surface area (Å²) in [4.78, 5) is 17.9. The van der Waals surface area contributed by atoms with Crippen LogP contribution in [0.5, 0.6) is 0 Å². The van der Waals surface area contributed by atoms with E-state index >= 15 is 0 Å². The van der Waals surface area contributed by atoms with Gasteiger partial charge in [0, 0.05) is 64.0 Å². The summed E-state index contributed by atoms with van der Waals surface area (Å²) in [7, 11) is -1.58. The summed E-state index contributed by atoms with van der Waals surface area (Å²) in [6.07, 6.45) is 6.60. The molecule has 0 aliphatic carbocycles. The van der Waals surface area contributed by atoms with Crippen LogP contribution in [0.4, 0.5) is 4.39 Å². The van der Waals surface area contributed by atoms with Crippen molar-refractivity contribution in [2.45, 2.75) is 93.8 Å². The minimum absolute atomic E-state index is 0. The molecular weight excluding hydrogens is 822 g/mol. The molecule has 5 aromatic rings. The Labute approximate surface area is 311 Å². The van der Waals surface area contributed by atoms with E-state index in [0.717, 1.165) is 62.9 Å². The number of fused-ring (bicyclic) bond motifs is 2. The molecule has 3 nitrogen and oxygen atoms in total. The number of thiophene rings is 1. The molecule has 3 aromatic carbocycles. The van der Waals surface area contributed by atoms with Gasteiger partial charge in [-0.25, -0.2) is 4.39 Å². The van der Waals surface area contributed by atoms with Crippen LogP contribution in [0, 0.1) is 29.6 Å². The van der Waals surface area contributed by atoms with Crippen molar-refractivity contribution in [1.82, 2.24) is 4.98 Å². The Hall–Kier alpha value is -2.96. The number of halogens is 1. The SMILES string of the molecule is CCC(C)(CC)C(=O)/C=C(\O)C(C)(CC)CC.Cc1ccc(-c2cc3ccnc(-c4[c-]c5ccccc5c([Si](C)(C)C)c4)c3s2)c(F)c1.[Ir]. The molecule has 0 amide bonds. The number of hydrogen-bond donors (Lipinski definition) is 1. The Morgan fingerprint density at radius 2 is 1.57 bits per heavy atom. The monoisotopic (exact) mass is 873 g/mol. The van der Waals surface area contributed by atoms with Gasteiger partial charge in [0.1, 0.15) is 11.6 Å². The average molecular weight is 873 g/mol. The summed E-state index contributed by atoms with van der Waals surface area (Å²) < 4.78 is 15.7. The molecule has 5 rings (SSSR count). The second kappa shape index (κ2) is 16.4. The van der Waals surface area contributed by atoms with E-state index < -0.39 is 8.07 Å². The molecule has 263 valence electrons. The number of allylic oxidation sites excluding steroid dienone is 2. The molecule has 0 unspecified atom stereocenters. The summed E-state index contributed by atoms with van der Waals surface area (Å²) in [5, 5.41) is 15.0. The van der Waals surface area contributed by atoms with E-state index in [9.17, 15) is 14.3 Å². The van der Waals surface area contributed by atoms with Crippen molar-refractivity contribution in [2.75, 3.05) is 0 Å². The number of aromatic nitrogens is 1. The first-order valence-electron chi connectivity index (χ1n) is 17.2. The number of hydrogen-bond acceptors (Lipinski definition) is 4. The molecule has 1 N–H and O–H groups in total. The van der Waals surface area contributed by atoms with Gasteiger partial charge in [0.2, 0.25) is 0 Å². The summed E-state index contributed by atoms with van der Waals surface area (Å²) in [6, 6.07) is 23.9. The number of carbonyl (C=O) groups excluding carboxylic acids is 1. The minimum Gasteiger partial charge on any atom is -0.512 e. The van der Waals surface area contributed by atoms with Crippen LogP contribution >= 0.6 is 11.3 Å². The van der Waals surface area contributed by atoms with Gasteiger partial charge in [-0.3, -0.25) is 9.78 Å². The van der Waals surface area contributed by atoms with Crippen molar-refractivity contribution in [2.24, 2.45) is 10.8 Å².